The molecule has 4 heteroatoms. The lowest BCUT2D eigenvalue weighted by molar-refractivity contribution is 0.537. The van der Waals surface area contributed by atoms with Crippen LogP contribution in [0.15, 0.2) is 24.3 Å². The predicted octanol–water partition coefficient (Wildman–Crippen LogP) is 10.5. The highest BCUT2D eigenvalue weighted by atomic mass is 79.9. The Labute approximate surface area is 237 Å². The summed E-state index contributed by atoms with van der Waals surface area (Å²) in [6.07, 6.45) is 0. The van der Waals surface area contributed by atoms with Crippen molar-refractivity contribution in [1.29, 1.82) is 0 Å². The van der Waals surface area contributed by atoms with Crippen LogP contribution in [0.5, 0.6) is 0 Å². The standard InChI is InChI=1S/C33H54BrN3/c1-20(2)26-15-28(22(5)6)32(29(16-26)23(7)8)35-13-14-37(34)19-36-33-30(24(9)10)17-27(21(3)4)18-31(33)25(11)12/h15-18,20-25,35-36H,13-14,19H2,1-12H3. The number of benzene rings is 2. The Kier molecular flexibility index (Phi) is 12.0. The molecule has 0 aliphatic heterocycles. The molecule has 0 saturated carbocycles. The summed E-state index contributed by atoms with van der Waals surface area (Å²) >= 11 is 3.83. The lowest BCUT2D eigenvalue weighted by Crippen LogP contribution is -2.27. The minimum Gasteiger partial charge on any atom is -0.383 e. The molecule has 208 valence electrons. The number of rotatable bonds is 13. The van der Waals surface area contributed by atoms with E-state index in [4.69, 9.17) is 0 Å². The van der Waals surface area contributed by atoms with E-state index in [-0.39, 0.29) is 0 Å². The molecular weight excluding hydrogens is 518 g/mol. The molecule has 37 heavy (non-hydrogen) atoms. The highest BCUT2D eigenvalue weighted by Gasteiger charge is 2.19. The van der Waals surface area contributed by atoms with Crippen LogP contribution in [0, 0.1) is 0 Å². The van der Waals surface area contributed by atoms with Crippen LogP contribution in [0.25, 0.3) is 0 Å². The molecule has 0 aliphatic carbocycles. The molecule has 0 saturated heterocycles. The first-order chi connectivity index (χ1) is 17.2. The average molecular weight is 573 g/mol. The second-order valence-electron chi connectivity index (χ2n) is 12.5. The number of anilines is 2. The van der Waals surface area contributed by atoms with Crippen molar-refractivity contribution >= 4 is 27.5 Å². The van der Waals surface area contributed by atoms with Gasteiger partial charge in [-0.15, -0.1) is 0 Å². The maximum Gasteiger partial charge on any atom is 0.0779 e. The Bertz CT molecular complexity index is 947. The van der Waals surface area contributed by atoms with E-state index in [2.05, 4.69) is 138 Å². The van der Waals surface area contributed by atoms with E-state index in [1.807, 2.05) is 0 Å². The minimum absolute atomic E-state index is 0.474. The SMILES string of the molecule is CC(C)c1cc(C(C)C)c(NCCN(Br)CNc2c(C(C)C)cc(C(C)C)cc2C(C)C)c(C(C)C)c1. The summed E-state index contributed by atoms with van der Waals surface area (Å²) in [7, 11) is 0. The van der Waals surface area contributed by atoms with Crippen molar-refractivity contribution in [3.8, 4) is 0 Å². The van der Waals surface area contributed by atoms with E-state index >= 15 is 0 Å². The fourth-order valence-corrected chi connectivity index (χ4v) is 5.17. The summed E-state index contributed by atoms with van der Waals surface area (Å²) in [5.74, 6) is 2.98. The number of halogens is 1. The third-order valence-electron chi connectivity index (χ3n) is 7.35. The maximum absolute atomic E-state index is 3.83. The normalized spacial score (nSPS) is 12.3. The van der Waals surface area contributed by atoms with E-state index in [0.717, 1.165) is 19.8 Å². The predicted molar refractivity (Wildman–Crippen MR) is 170 cm³/mol. The largest absolute Gasteiger partial charge is 0.383 e. The van der Waals surface area contributed by atoms with Crippen molar-refractivity contribution in [2.24, 2.45) is 0 Å². The van der Waals surface area contributed by atoms with E-state index in [9.17, 15) is 0 Å². The fraction of sp³-hybridized carbons (Fsp3) is 0.636. The first-order valence-corrected chi connectivity index (χ1v) is 15.2. The first kappa shape index (κ1) is 31.7. The summed E-state index contributed by atoms with van der Waals surface area (Å²) in [5.41, 5.74) is 11.2. The molecule has 2 rings (SSSR count). The third-order valence-corrected chi connectivity index (χ3v) is 7.95. The molecule has 0 aromatic heterocycles. The summed E-state index contributed by atoms with van der Waals surface area (Å²) in [6, 6.07) is 9.65. The minimum atomic E-state index is 0.474. The monoisotopic (exact) mass is 571 g/mol. The molecule has 3 nitrogen and oxygen atoms in total. The molecule has 2 N–H and O–H groups in total. The van der Waals surface area contributed by atoms with Crippen molar-refractivity contribution in [1.82, 2.24) is 3.93 Å². The zero-order valence-corrected chi connectivity index (χ0v) is 27.3. The van der Waals surface area contributed by atoms with Crippen LogP contribution in [-0.2, 0) is 0 Å². The number of nitrogens with one attached hydrogen (secondary N) is 2. The van der Waals surface area contributed by atoms with Crippen LogP contribution in [0.2, 0.25) is 0 Å². The summed E-state index contributed by atoms with van der Waals surface area (Å²) in [6.45, 7) is 30.1. The molecule has 0 fully saturated rings. The highest BCUT2D eigenvalue weighted by molar-refractivity contribution is 9.07. The van der Waals surface area contributed by atoms with E-state index < -0.39 is 0 Å². The van der Waals surface area contributed by atoms with Gasteiger partial charge in [0, 0.05) is 40.6 Å². The van der Waals surface area contributed by atoms with Gasteiger partial charge in [0.05, 0.1) is 6.67 Å². The zero-order chi connectivity index (χ0) is 28.0. The molecule has 0 heterocycles. The molecule has 0 aliphatic rings. The van der Waals surface area contributed by atoms with Gasteiger partial charge < -0.3 is 10.6 Å². The molecule has 0 amide bonds. The van der Waals surface area contributed by atoms with Crippen LogP contribution < -0.4 is 10.6 Å². The molecule has 0 atom stereocenters. The van der Waals surface area contributed by atoms with Crippen molar-refractivity contribution in [3.05, 3.63) is 57.6 Å². The smallest absolute Gasteiger partial charge is 0.0779 e. The van der Waals surface area contributed by atoms with Gasteiger partial charge in [-0.2, -0.15) is 0 Å². The van der Waals surface area contributed by atoms with Gasteiger partial charge in [0.15, 0.2) is 0 Å². The number of hydrogen-bond donors (Lipinski definition) is 2. The third kappa shape index (κ3) is 8.48. The second-order valence-corrected chi connectivity index (χ2v) is 13.5. The van der Waals surface area contributed by atoms with Crippen LogP contribution in [0.1, 0.15) is 152 Å². The molecule has 0 unspecified atom stereocenters. The fourth-order valence-electron chi connectivity index (χ4n) is 4.87. The van der Waals surface area contributed by atoms with Gasteiger partial charge in [-0.1, -0.05) is 107 Å². The topological polar surface area (TPSA) is 27.3 Å². The van der Waals surface area contributed by atoms with Crippen LogP contribution >= 0.6 is 16.1 Å². The van der Waals surface area contributed by atoms with Crippen LogP contribution in [0.3, 0.4) is 0 Å². The van der Waals surface area contributed by atoms with Gasteiger partial charge in [0.1, 0.15) is 0 Å². The van der Waals surface area contributed by atoms with E-state index in [0.29, 0.717) is 35.5 Å². The molecule has 2 aromatic rings. The average Bonchev–Trinajstić information content (AvgIpc) is 2.81. The first-order valence-electron chi connectivity index (χ1n) is 14.5. The quantitative estimate of drug-likeness (QED) is 0.185. The van der Waals surface area contributed by atoms with E-state index in [1.165, 1.54) is 44.8 Å². The molecular formula is C33H54BrN3. The van der Waals surface area contributed by atoms with Gasteiger partial charge in [-0.05, 0) is 68.9 Å². The highest BCUT2D eigenvalue weighted by Crippen LogP contribution is 2.37. The Hall–Kier alpha value is -1.52. The van der Waals surface area contributed by atoms with Gasteiger partial charge in [0.2, 0.25) is 0 Å². The molecule has 2 aromatic carbocycles. The molecule has 0 radical (unpaired) electrons. The Morgan fingerprint density at radius 1 is 0.541 bits per heavy atom. The Morgan fingerprint density at radius 2 is 0.865 bits per heavy atom. The lowest BCUT2D eigenvalue weighted by Gasteiger charge is -2.26. The maximum atomic E-state index is 3.83. The van der Waals surface area contributed by atoms with Crippen molar-refractivity contribution in [2.75, 3.05) is 30.4 Å². The summed E-state index contributed by atoms with van der Waals surface area (Å²) < 4.78 is 2.21. The lowest BCUT2D eigenvalue weighted by atomic mass is 9.87. The second kappa shape index (κ2) is 14.0. The van der Waals surface area contributed by atoms with Crippen LogP contribution in [-0.4, -0.2) is 23.7 Å². The Morgan fingerprint density at radius 3 is 1.16 bits per heavy atom. The molecule has 0 bridgehead atoms. The van der Waals surface area contributed by atoms with Crippen molar-refractivity contribution in [2.45, 2.75) is 119 Å². The summed E-state index contributed by atoms with van der Waals surface area (Å²) in [5, 5.41) is 7.61. The van der Waals surface area contributed by atoms with Gasteiger partial charge >= 0.3 is 0 Å². The number of hydrogen-bond acceptors (Lipinski definition) is 3. The Balaban J connectivity index is 2.18. The number of nitrogens with zero attached hydrogens (tertiary/aromatic N) is 1. The van der Waals surface area contributed by atoms with E-state index in [1.54, 1.807) is 0 Å². The van der Waals surface area contributed by atoms with Gasteiger partial charge in [-0.3, -0.25) is 0 Å². The zero-order valence-electron chi connectivity index (χ0n) is 25.7. The van der Waals surface area contributed by atoms with Gasteiger partial charge in [0.25, 0.3) is 0 Å². The molecule has 0 spiro atoms. The van der Waals surface area contributed by atoms with Crippen LogP contribution in [0.4, 0.5) is 11.4 Å². The van der Waals surface area contributed by atoms with Crippen molar-refractivity contribution in [3.63, 3.8) is 0 Å². The van der Waals surface area contributed by atoms with Gasteiger partial charge in [-0.25, -0.2) is 3.93 Å². The summed E-state index contributed by atoms with van der Waals surface area (Å²) in [4.78, 5) is 0. The van der Waals surface area contributed by atoms with Crippen molar-refractivity contribution < 1.29 is 0 Å².